The molecule has 5 heteroatoms. The lowest BCUT2D eigenvalue weighted by atomic mass is 10.00. The molecule has 0 N–H and O–H groups in total. The average molecular weight is 326 g/mol. The molecule has 5 nitrogen and oxygen atoms in total. The van der Waals surface area contributed by atoms with Crippen LogP contribution in [0.3, 0.4) is 0 Å². The highest BCUT2D eigenvalue weighted by atomic mass is 16.6. The number of likely N-dealkylation sites (tertiary alicyclic amines) is 1. The van der Waals surface area contributed by atoms with E-state index in [9.17, 15) is 10.1 Å². The summed E-state index contributed by atoms with van der Waals surface area (Å²) < 4.78 is 6.06. The molecule has 0 bridgehead atoms. The summed E-state index contributed by atoms with van der Waals surface area (Å²) in [5, 5.41) is 10.8. The van der Waals surface area contributed by atoms with E-state index in [4.69, 9.17) is 4.74 Å². The van der Waals surface area contributed by atoms with Crippen LogP contribution in [0.5, 0.6) is 5.75 Å². The fourth-order valence-corrected chi connectivity index (χ4v) is 3.09. The van der Waals surface area contributed by atoms with Gasteiger partial charge in [0.25, 0.3) is 5.69 Å². The molecule has 0 amide bonds. The van der Waals surface area contributed by atoms with Gasteiger partial charge in [-0.2, -0.15) is 0 Å². The van der Waals surface area contributed by atoms with Gasteiger partial charge in [-0.1, -0.05) is 12.1 Å². The lowest BCUT2D eigenvalue weighted by Gasteiger charge is -2.29. The Bertz CT molecular complexity index is 720. The normalized spacial score (nSPS) is 16.1. The number of piperidine rings is 1. The Morgan fingerprint density at radius 3 is 2.38 bits per heavy atom. The van der Waals surface area contributed by atoms with Crippen molar-refractivity contribution in [1.82, 2.24) is 4.90 Å². The van der Waals surface area contributed by atoms with E-state index in [-0.39, 0.29) is 16.7 Å². The summed E-state index contributed by atoms with van der Waals surface area (Å²) in [5.74, 6) is 0.882. The Labute approximate surface area is 142 Å². The van der Waals surface area contributed by atoms with Crippen LogP contribution in [0.4, 0.5) is 5.69 Å². The first-order valence-corrected chi connectivity index (χ1v) is 8.23. The van der Waals surface area contributed by atoms with Gasteiger partial charge >= 0.3 is 0 Å². The van der Waals surface area contributed by atoms with Crippen LogP contribution >= 0.6 is 0 Å². The molecule has 0 saturated carbocycles. The first kappa shape index (κ1) is 16.5. The Hall–Kier alpha value is -2.40. The monoisotopic (exact) mass is 326 g/mol. The highest BCUT2D eigenvalue weighted by Crippen LogP contribution is 2.29. The number of hydrogen-bond donors (Lipinski definition) is 0. The zero-order valence-electron chi connectivity index (χ0n) is 14.1. The molecule has 24 heavy (non-hydrogen) atoms. The zero-order chi connectivity index (χ0) is 17.1. The second-order valence-corrected chi connectivity index (χ2v) is 6.40. The molecule has 0 aromatic heterocycles. The van der Waals surface area contributed by atoms with E-state index in [1.54, 1.807) is 18.2 Å². The fourth-order valence-electron chi connectivity index (χ4n) is 3.09. The summed E-state index contributed by atoms with van der Waals surface area (Å²) in [6.07, 6.45) is 2.40. The molecule has 1 saturated heterocycles. The van der Waals surface area contributed by atoms with Crippen LogP contribution in [0, 0.1) is 17.0 Å². The molecular formula is C19H22N2O3. The predicted molar refractivity (Wildman–Crippen MR) is 94.4 cm³/mol. The summed E-state index contributed by atoms with van der Waals surface area (Å²) in [6, 6.07) is 12.9. The van der Waals surface area contributed by atoms with E-state index in [0.29, 0.717) is 0 Å². The van der Waals surface area contributed by atoms with E-state index >= 15 is 0 Å². The van der Waals surface area contributed by atoms with Crippen molar-refractivity contribution in [2.75, 3.05) is 20.1 Å². The summed E-state index contributed by atoms with van der Waals surface area (Å²) in [6.45, 7) is 4.04. The van der Waals surface area contributed by atoms with Crippen LogP contribution in [0.25, 0.3) is 11.1 Å². The van der Waals surface area contributed by atoms with Crippen molar-refractivity contribution in [2.24, 2.45) is 0 Å². The number of aryl methyl sites for hydroxylation is 1. The maximum Gasteiger partial charge on any atom is 0.269 e. The van der Waals surface area contributed by atoms with Gasteiger partial charge < -0.3 is 9.64 Å². The van der Waals surface area contributed by atoms with E-state index in [1.807, 2.05) is 31.2 Å². The first-order valence-electron chi connectivity index (χ1n) is 8.23. The minimum absolute atomic E-state index is 0.124. The third-order valence-electron chi connectivity index (χ3n) is 4.55. The summed E-state index contributed by atoms with van der Waals surface area (Å²) in [7, 11) is 2.14. The predicted octanol–water partition coefficient (Wildman–Crippen LogP) is 4.04. The van der Waals surface area contributed by atoms with Crippen LogP contribution in [0.1, 0.15) is 18.4 Å². The second-order valence-electron chi connectivity index (χ2n) is 6.40. The van der Waals surface area contributed by atoms with Crippen LogP contribution in [0.2, 0.25) is 0 Å². The van der Waals surface area contributed by atoms with Crippen molar-refractivity contribution in [3.8, 4) is 16.9 Å². The maximum absolute atomic E-state index is 10.8. The molecule has 2 aromatic rings. The van der Waals surface area contributed by atoms with Gasteiger partial charge in [-0.25, -0.2) is 0 Å². The van der Waals surface area contributed by atoms with Crippen molar-refractivity contribution >= 4 is 5.69 Å². The maximum atomic E-state index is 10.8. The van der Waals surface area contributed by atoms with Crippen molar-refractivity contribution in [3.63, 3.8) is 0 Å². The molecule has 126 valence electrons. The molecule has 1 aliphatic rings. The van der Waals surface area contributed by atoms with E-state index in [2.05, 4.69) is 11.9 Å². The molecule has 0 radical (unpaired) electrons. The fraction of sp³-hybridized carbons (Fsp3) is 0.368. The standard InChI is InChI=1S/C19H22N2O3/c1-14-13-16(21(22)23)5-8-19(14)15-3-6-17(7-4-15)24-18-9-11-20(2)12-10-18/h3-8,13,18H,9-12H2,1-2H3. The quantitative estimate of drug-likeness (QED) is 0.628. The van der Waals surface area contributed by atoms with Gasteiger partial charge in [0.15, 0.2) is 0 Å². The van der Waals surface area contributed by atoms with Gasteiger partial charge in [-0.15, -0.1) is 0 Å². The Balaban J connectivity index is 1.71. The van der Waals surface area contributed by atoms with Crippen molar-refractivity contribution in [2.45, 2.75) is 25.9 Å². The number of ether oxygens (including phenoxy) is 1. The van der Waals surface area contributed by atoms with Crippen molar-refractivity contribution in [3.05, 3.63) is 58.1 Å². The minimum Gasteiger partial charge on any atom is -0.490 e. The van der Waals surface area contributed by atoms with Gasteiger partial charge in [0, 0.05) is 25.2 Å². The average Bonchev–Trinajstić information content (AvgIpc) is 2.58. The zero-order valence-corrected chi connectivity index (χ0v) is 14.1. The van der Waals surface area contributed by atoms with Crippen LogP contribution in [0.15, 0.2) is 42.5 Å². The SMILES string of the molecule is Cc1cc([N+](=O)[O-])ccc1-c1ccc(OC2CCN(C)CC2)cc1. The van der Waals surface area contributed by atoms with E-state index in [0.717, 1.165) is 48.4 Å². The molecule has 1 heterocycles. The summed E-state index contributed by atoms with van der Waals surface area (Å²) in [4.78, 5) is 12.8. The molecule has 1 aliphatic heterocycles. The molecule has 0 atom stereocenters. The van der Waals surface area contributed by atoms with Gasteiger partial charge in [0.05, 0.1) is 4.92 Å². The van der Waals surface area contributed by atoms with E-state index in [1.165, 1.54) is 0 Å². The third kappa shape index (κ3) is 3.74. The largest absolute Gasteiger partial charge is 0.490 e. The molecule has 0 spiro atoms. The highest BCUT2D eigenvalue weighted by Gasteiger charge is 2.18. The number of rotatable bonds is 4. The number of hydrogen-bond acceptors (Lipinski definition) is 4. The van der Waals surface area contributed by atoms with Gasteiger partial charge in [0.1, 0.15) is 11.9 Å². The number of nitrogens with zero attached hydrogens (tertiary/aromatic N) is 2. The number of nitro benzene ring substituents is 1. The van der Waals surface area contributed by atoms with Crippen LogP contribution < -0.4 is 4.74 Å². The van der Waals surface area contributed by atoms with Crippen molar-refractivity contribution in [1.29, 1.82) is 0 Å². The first-order chi connectivity index (χ1) is 11.5. The number of non-ortho nitro benzene ring substituents is 1. The highest BCUT2D eigenvalue weighted by molar-refractivity contribution is 5.69. The third-order valence-corrected chi connectivity index (χ3v) is 4.55. The Kier molecular flexibility index (Phi) is 4.81. The number of benzene rings is 2. The van der Waals surface area contributed by atoms with E-state index < -0.39 is 0 Å². The Morgan fingerprint density at radius 2 is 1.79 bits per heavy atom. The molecule has 0 unspecified atom stereocenters. The molecule has 3 rings (SSSR count). The molecule has 1 fully saturated rings. The molecular weight excluding hydrogens is 304 g/mol. The number of nitro groups is 1. The smallest absolute Gasteiger partial charge is 0.269 e. The molecule has 2 aromatic carbocycles. The van der Waals surface area contributed by atoms with Crippen LogP contribution in [-0.4, -0.2) is 36.1 Å². The van der Waals surface area contributed by atoms with Crippen LogP contribution in [-0.2, 0) is 0 Å². The van der Waals surface area contributed by atoms with Gasteiger partial charge in [-0.05, 0) is 61.7 Å². The topological polar surface area (TPSA) is 55.6 Å². The van der Waals surface area contributed by atoms with Crippen molar-refractivity contribution < 1.29 is 9.66 Å². The lowest BCUT2D eigenvalue weighted by molar-refractivity contribution is -0.384. The van der Waals surface area contributed by atoms with Gasteiger partial charge in [-0.3, -0.25) is 10.1 Å². The Morgan fingerprint density at radius 1 is 1.12 bits per heavy atom. The molecule has 0 aliphatic carbocycles. The second kappa shape index (κ2) is 7.01. The summed E-state index contributed by atoms with van der Waals surface area (Å²) in [5.41, 5.74) is 3.07. The summed E-state index contributed by atoms with van der Waals surface area (Å²) >= 11 is 0. The lowest BCUT2D eigenvalue weighted by Crippen LogP contribution is -2.35. The van der Waals surface area contributed by atoms with Gasteiger partial charge in [0.2, 0.25) is 0 Å². The minimum atomic E-state index is -0.366.